The van der Waals surface area contributed by atoms with Gasteiger partial charge >= 0.3 is 65.4 Å². The second-order valence-electron chi connectivity index (χ2n) is 28.0. The SMILES string of the molecule is C=O.COC(=O)C(N)c1ccccc1Cl.COC(=O)C(NCC(=O)c1cccs1)c1ccccc1Cl.COC(=O)C(NCC(O)c1cccs1)c1ccccc1Cl.COC(=O)C(c1ccccc1Cl)N1CCc2sccc2C1.COC(=O)C(c1ccccc1Cl)N1COC(c2cccs2)C1.COC(=O)C(c1ccccc1Cl)N1Cc2ccsc2C(O)C1.Cl.Cl.O=C(CBr)c1cccs1.[B].[H-].[Na+]. The second kappa shape index (κ2) is 63.5. The average molecular weight is 2190 g/mol. The number of ketones is 2. The Labute approximate surface area is 884 Å². The van der Waals surface area contributed by atoms with Gasteiger partial charge < -0.3 is 55.3 Å². The van der Waals surface area contributed by atoms with Crippen LogP contribution in [-0.4, -0.2) is 175 Å². The topological polar surface area (TPSA) is 318 Å². The van der Waals surface area contributed by atoms with Crippen LogP contribution in [0.15, 0.2) is 239 Å². The molecule has 6 N–H and O–H groups in total. The van der Waals surface area contributed by atoms with E-state index in [2.05, 4.69) is 47.6 Å². The van der Waals surface area contributed by atoms with E-state index < -0.39 is 66.4 Å². The van der Waals surface area contributed by atoms with E-state index in [1.165, 1.54) is 87.1 Å². The van der Waals surface area contributed by atoms with E-state index in [0.29, 0.717) is 89.0 Å². The summed E-state index contributed by atoms with van der Waals surface area (Å²) in [5.74, 6) is -2.31. The Morgan fingerprint density at radius 2 is 0.859 bits per heavy atom. The van der Waals surface area contributed by atoms with E-state index in [1.807, 2.05) is 153 Å². The van der Waals surface area contributed by atoms with Gasteiger partial charge in [0.25, 0.3) is 0 Å². The Bertz CT molecular complexity index is 5620. The van der Waals surface area contributed by atoms with E-state index >= 15 is 0 Å². The minimum absolute atomic E-state index is 0. The molecule has 1 saturated heterocycles. The molecule has 0 amide bonds. The number of hydrogen-bond donors (Lipinski definition) is 5. The van der Waals surface area contributed by atoms with Gasteiger partial charge in [-0.1, -0.05) is 219 Å². The van der Waals surface area contributed by atoms with Crippen molar-refractivity contribution in [3.05, 3.63) is 342 Å². The van der Waals surface area contributed by atoms with Gasteiger partial charge in [0.05, 0.1) is 64.3 Å². The molecule has 715 valence electrons. The van der Waals surface area contributed by atoms with Crippen molar-refractivity contribution >= 4 is 241 Å². The molecule has 41 heteroatoms. The molecule has 3 aliphatic heterocycles. The maximum Gasteiger partial charge on any atom is 1.00 e. The summed E-state index contributed by atoms with van der Waals surface area (Å²) in [7, 11) is 8.09. The molecule has 0 bridgehead atoms. The number of aliphatic hydroxyl groups is 2. The average Bonchev–Trinajstić information content (AvgIpc) is 1.74. The normalized spacial score (nSPS) is 14.8. The number of fused-ring (bicyclic) bond motifs is 2. The largest absolute Gasteiger partial charge is 1.00 e. The van der Waals surface area contributed by atoms with Crippen LogP contribution in [0.5, 0.6) is 0 Å². The maximum absolute atomic E-state index is 12.3. The number of Topliss-reactive ketones (excluding diaryl/α,β-unsaturated/α-hetero) is 2. The van der Waals surface area contributed by atoms with Gasteiger partial charge in [-0.2, -0.15) is 0 Å². The molecule has 9 unspecified atom stereocenters. The number of rotatable bonds is 26. The minimum Gasteiger partial charge on any atom is -1.00 e. The number of aliphatic hydroxyl groups excluding tert-OH is 2. The fourth-order valence-electron chi connectivity index (χ4n) is 13.5. The fourth-order valence-corrected chi connectivity index (χ4v) is 20.1. The number of nitrogens with two attached hydrogens (primary N) is 1. The van der Waals surface area contributed by atoms with Crippen LogP contribution in [0.1, 0.15) is 139 Å². The summed E-state index contributed by atoms with van der Waals surface area (Å²) in [6.45, 7) is 5.80. The molecule has 0 spiro atoms. The van der Waals surface area contributed by atoms with Gasteiger partial charge in [-0.25, -0.2) is 24.0 Å². The van der Waals surface area contributed by atoms with E-state index in [1.54, 1.807) is 125 Å². The molecule has 9 heterocycles. The number of halogens is 9. The predicted octanol–water partition coefficient (Wildman–Crippen LogP) is 17.7. The number of nitrogens with one attached hydrogen (secondary N) is 2. The number of carbonyl (C=O) groups excluding carboxylic acids is 9. The smallest absolute Gasteiger partial charge is 1.00 e. The summed E-state index contributed by atoms with van der Waals surface area (Å²) in [5.41, 5.74) is 12.0. The number of esters is 6. The standard InChI is InChI=1S/2C16H16ClNO3S.C16H16ClNO2S.C15H16ClNO3S.C15H14ClNO3S.C9H10ClNO2.C6H5BrOS.CH2O.B.2ClH.Na.H/c1-20-16(19)15(11-5-2-3-6-12(11)17)18-9-13(21-10-18)14-7-4-8-22-14;1-21-16(20)14(11-4-2-3-5-12(11)17)18-8-10-6-7-22-15(10)13(19)9-18;1-20-16(19)15(12-4-2-3-5-13(12)17)18-8-6-14-11(10-18)7-9-21-14;2*1-20-15(19)14(10-5-2-3-6-11(10)16)17-9-12(18)13-7-4-8-21-13;1-13-9(12)8(11)6-4-2-3-5-7(6)10;7-4-5(8)6-2-1-3-9-6;1-2;;;;;/h2-8,13,15H,9-10H2,1H3;2-7,13-14,19H,8-9H2,1H3;2-5,7,9,15H,6,8,10H2,1H3;2-8,12,14,17-18H,9H2,1H3;2-8,14,17H,9H2,1H3;2-5,8H,11H2,1H3;1-3H,4H2;1H2;;2*1H;;/q;;;;;;;;;;;+1;-1. The van der Waals surface area contributed by atoms with Crippen LogP contribution in [0.25, 0.3) is 0 Å². The molecule has 15 rings (SSSR count). The molecule has 24 nitrogen and oxygen atoms in total. The van der Waals surface area contributed by atoms with Crippen LogP contribution in [0.2, 0.25) is 30.1 Å². The molecule has 9 atom stereocenters. The van der Waals surface area contributed by atoms with E-state index in [4.69, 9.17) is 109 Å². The van der Waals surface area contributed by atoms with Crippen LogP contribution in [0.4, 0.5) is 0 Å². The molecule has 3 radical (unpaired) electrons. The number of nitrogens with zero attached hydrogens (tertiary/aromatic N) is 3. The number of alkyl halides is 1. The Morgan fingerprint density at radius 1 is 0.467 bits per heavy atom. The predicted molar refractivity (Wildman–Crippen MR) is 544 cm³/mol. The Hall–Kier alpha value is -7.15. The quantitative estimate of drug-likeness (QED) is 0.0111. The molecule has 3 aliphatic rings. The monoisotopic (exact) mass is 2180 g/mol. The molecule has 0 aliphatic carbocycles. The number of methoxy groups -OCH3 is 6. The van der Waals surface area contributed by atoms with Crippen molar-refractivity contribution < 1.29 is 118 Å². The number of carbonyl (C=O) groups is 9. The maximum atomic E-state index is 12.3. The molecular formula is C94H98BBrCl8N6NaO18S6. The number of hydrogen-bond acceptors (Lipinski definition) is 30. The number of β-amino-alcohol motifs (C(OH)–C–C–N with tert-alkyl or cyclic N) is 1. The molecule has 6 aromatic carbocycles. The van der Waals surface area contributed by atoms with E-state index in [0.717, 1.165) is 55.7 Å². The Balaban J connectivity index is 0.000000410. The summed E-state index contributed by atoms with van der Waals surface area (Å²) < 4.78 is 34.9. The van der Waals surface area contributed by atoms with Crippen molar-refractivity contribution in [2.24, 2.45) is 5.73 Å². The van der Waals surface area contributed by atoms with Crippen LogP contribution >= 0.6 is 178 Å². The zero-order chi connectivity index (χ0) is 95.1. The zero-order valence-corrected chi connectivity index (χ0v) is 88.6. The number of benzene rings is 6. The van der Waals surface area contributed by atoms with E-state index in [-0.39, 0.29) is 113 Å². The van der Waals surface area contributed by atoms with Crippen molar-refractivity contribution in [3.8, 4) is 0 Å². The Kier molecular flexibility index (Phi) is 56.5. The third kappa shape index (κ3) is 35.2. The van der Waals surface area contributed by atoms with Gasteiger partial charge in [0.1, 0.15) is 68.1 Å². The van der Waals surface area contributed by atoms with Gasteiger partial charge in [-0.15, -0.1) is 92.8 Å². The number of ether oxygens (including phenoxy) is 7. The van der Waals surface area contributed by atoms with Crippen LogP contribution in [-0.2, 0) is 86.2 Å². The van der Waals surface area contributed by atoms with Crippen LogP contribution < -0.4 is 45.9 Å². The summed E-state index contributed by atoms with van der Waals surface area (Å²) in [5, 5.41) is 41.5. The zero-order valence-electron chi connectivity index (χ0n) is 74.9. The first-order valence-corrected chi connectivity index (χ1v) is 48.5. The van der Waals surface area contributed by atoms with Gasteiger partial charge in [0.2, 0.25) is 0 Å². The first-order valence-electron chi connectivity index (χ1n) is 39.8. The number of thiophene rings is 6. The summed E-state index contributed by atoms with van der Waals surface area (Å²) in [6, 6.07) is 58.2. The summed E-state index contributed by atoms with van der Waals surface area (Å²) >= 11 is 49.2. The van der Waals surface area contributed by atoms with Crippen molar-refractivity contribution in [2.45, 2.75) is 74.1 Å². The third-order valence-corrected chi connectivity index (χ3v) is 28.4. The first-order chi connectivity index (χ1) is 63.3. The molecule has 0 saturated carbocycles. The van der Waals surface area contributed by atoms with Crippen molar-refractivity contribution in [3.63, 3.8) is 0 Å². The van der Waals surface area contributed by atoms with Gasteiger partial charge in [0, 0.05) is 97.3 Å². The second-order valence-corrected chi connectivity index (χ2v) is 36.8. The van der Waals surface area contributed by atoms with Gasteiger partial charge in [0.15, 0.2) is 11.6 Å². The molecular weight excluding hydrogens is 2090 g/mol. The van der Waals surface area contributed by atoms with Crippen LogP contribution in [0, 0.1) is 0 Å². The minimum atomic E-state index is -0.807. The molecule has 6 aromatic heterocycles. The van der Waals surface area contributed by atoms with Gasteiger partial charge in [-0.05, 0) is 156 Å². The van der Waals surface area contributed by atoms with Crippen molar-refractivity contribution in [1.82, 2.24) is 25.3 Å². The van der Waals surface area contributed by atoms with Crippen LogP contribution in [0.3, 0.4) is 0 Å². The third-order valence-electron chi connectivity index (χ3n) is 19.9. The van der Waals surface area contributed by atoms with E-state index in [9.17, 15) is 48.6 Å². The Morgan fingerprint density at radius 3 is 1.29 bits per heavy atom. The first kappa shape index (κ1) is 120. The van der Waals surface area contributed by atoms with Crippen molar-refractivity contribution in [2.75, 3.05) is 87.4 Å². The fraction of sp³-hybridized carbons (Fsp3) is 0.266. The van der Waals surface area contributed by atoms with Gasteiger partial charge in [-0.3, -0.25) is 39.7 Å². The summed E-state index contributed by atoms with van der Waals surface area (Å²) in [6.07, 6.45) is -0.335. The van der Waals surface area contributed by atoms with Crippen molar-refractivity contribution in [1.29, 1.82) is 0 Å². The molecule has 1 fully saturated rings. The molecule has 135 heavy (non-hydrogen) atoms. The summed E-state index contributed by atoms with van der Waals surface area (Å²) in [4.78, 5) is 114. The molecule has 12 aromatic rings.